The summed E-state index contributed by atoms with van der Waals surface area (Å²) in [5, 5.41) is 23.9. The van der Waals surface area contributed by atoms with Crippen LogP contribution in [0.5, 0.6) is 34.5 Å². The van der Waals surface area contributed by atoms with E-state index in [-0.39, 0.29) is 64.4 Å². The van der Waals surface area contributed by atoms with E-state index in [1.807, 2.05) is 0 Å². The van der Waals surface area contributed by atoms with Gasteiger partial charge in [0, 0.05) is 40.2 Å². The van der Waals surface area contributed by atoms with Gasteiger partial charge in [-0.05, 0) is 32.9 Å². The SMILES string of the molecule is C/C=C(/C)C(=O)O[C@H]1c2cc(OC)c(OC)c(OC)c2-c2c(cc3c(c2O)OCO3)[C@H](OC(=O)CC)[C@H](C)[C@]1(C)O. The molecule has 0 fully saturated rings. The summed E-state index contributed by atoms with van der Waals surface area (Å²) in [4.78, 5) is 25.9. The van der Waals surface area contributed by atoms with Gasteiger partial charge in [0.05, 0.1) is 21.3 Å². The highest BCUT2D eigenvalue weighted by molar-refractivity contribution is 5.91. The minimum absolute atomic E-state index is 0.0566. The maximum absolute atomic E-state index is 13.2. The zero-order chi connectivity index (χ0) is 30.2. The second-order valence-electron chi connectivity index (χ2n) is 10.1. The number of esters is 2. The van der Waals surface area contributed by atoms with E-state index < -0.39 is 35.7 Å². The Balaban J connectivity index is 2.21. The van der Waals surface area contributed by atoms with Gasteiger partial charge in [-0.25, -0.2) is 4.79 Å². The molecule has 0 bridgehead atoms. The van der Waals surface area contributed by atoms with Crippen LogP contribution in [0.15, 0.2) is 23.8 Å². The highest BCUT2D eigenvalue weighted by Gasteiger charge is 2.51. The topological polar surface area (TPSA) is 139 Å². The zero-order valence-corrected chi connectivity index (χ0v) is 24.4. The smallest absolute Gasteiger partial charge is 0.334 e. The number of hydrogen-bond donors (Lipinski definition) is 2. The third-order valence-electron chi connectivity index (χ3n) is 7.80. The largest absolute Gasteiger partial charge is 0.504 e. The summed E-state index contributed by atoms with van der Waals surface area (Å²) in [6, 6.07) is 3.17. The number of carbonyl (C=O) groups excluding carboxylic acids is 2. The first kappa shape index (κ1) is 29.9. The first-order valence-electron chi connectivity index (χ1n) is 13.2. The molecule has 0 saturated heterocycles. The zero-order valence-electron chi connectivity index (χ0n) is 24.4. The number of fused-ring (bicyclic) bond motifs is 4. The molecule has 2 aromatic carbocycles. The van der Waals surface area contributed by atoms with Gasteiger partial charge < -0.3 is 43.4 Å². The van der Waals surface area contributed by atoms with E-state index in [1.54, 1.807) is 45.9 Å². The third-order valence-corrected chi connectivity index (χ3v) is 7.80. The first-order valence-corrected chi connectivity index (χ1v) is 13.2. The van der Waals surface area contributed by atoms with Crippen LogP contribution in [0.2, 0.25) is 0 Å². The van der Waals surface area contributed by atoms with Crippen molar-refractivity contribution in [1.29, 1.82) is 0 Å². The number of methoxy groups -OCH3 is 3. The van der Waals surface area contributed by atoms with Gasteiger partial charge in [0.1, 0.15) is 11.7 Å². The molecule has 1 aliphatic heterocycles. The second-order valence-corrected chi connectivity index (χ2v) is 10.1. The van der Waals surface area contributed by atoms with Crippen molar-refractivity contribution in [2.45, 2.75) is 58.8 Å². The number of aliphatic hydroxyl groups is 1. The molecular weight excluding hydrogens is 536 g/mol. The third kappa shape index (κ3) is 4.88. The Morgan fingerprint density at radius 3 is 2.32 bits per heavy atom. The van der Waals surface area contributed by atoms with Crippen molar-refractivity contribution in [1.82, 2.24) is 0 Å². The van der Waals surface area contributed by atoms with Crippen LogP contribution in [0.1, 0.15) is 64.4 Å². The van der Waals surface area contributed by atoms with Crippen molar-refractivity contribution in [2.75, 3.05) is 28.1 Å². The lowest BCUT2D eigenvalue weighted by Crippen LogP contribution is -2.46. The normalized spacial score (nSPS) is 23.0. The number of benzene rings is 2. The maximum atomic E-state index is 13.2. The average Bonchev–Trinajstić information content (AvgIpc) is 3.45. The molecule has 41 heavy (non-hydrogen) atoms. The van der Waals surface area contributed by atoms with Crippen LogP contribution in [0.3, 0.4) is 0 Å². The number of phenolic OH excluding ortho intramolecular Hbond substituents is 1. The summed E-state index contributed by atoms with van der Waals surface area (Å²) in [7, 11) is 4.26. The standard InChI is InChI=1S/C30H36O11/c1-9-14(3)29(33)41-28-17-12-18(35-6)26(36-7)27(37-8)22(17)21-16(11-19-25(23(21)32)39-13-38-19)24(40-20(31)10-2)15(4)30(28,5)34/h9,11-12,15,24,28,32,34H,10,13H2,1-8H3/b14-9-/t15-,24+,28-,30-/m0/s1. The number of hydrogen-bond acceptors (Lipinski definition) is 11. The van der Waals surface area contributed by atoms with E-state index in [0.717, 1.165) is 0 Å². The number of ether oxygens (including phenoxy) is 7. The molecule has 222 valence electrons. The summed E-state index contributed by atoms with van der Waals surface area (Å²) >= 11 is 0. The van der Waals surface area contributed by atoms with Crippen LogP contribution in [0.4, 0.5) is 0 Å². The second kappa shape index (κ2) is 11.4. The van der Waals surface area contributed by atoms with Crippen molar-refractivity contribution in [2.24, 2.45) is 5.92 Å². The fourth-order valence-electron chi connectivity index (χ4n) is 5.19. The van der Waals surface area contributed by atoms with Gasteiger partial charge in [0.15, 0.2) is 29.1 Å². The van der Waals surface area contributed by atoms with E-state index in [2.05, 4.69) is 0 Å². The molecule has 2 aliphatic rings. The highest BCUT2D eigenvalue weighted by atomic mass is 16.7. The fourth-order valence-corrected chi connectivity index (χ4v) is 5.19. The lowest BCUT2D eigenvalue weighted by Gasteiger charge is -2.43. The van der Waals surface area contributed by atoms with E-state index in [1.165, 1.54) is 28.3 Å². The number of allylic oxidation sites excluding steroid dienone is 1. The molecular formula is C30H36O11. The quantitative estimate of drug-likeness (QED) is 0.351. The van der Waals surface area contributed by atoms with Crippen molar-refractivity contribution in [3.8, 4) is 45.6 Å². The Kier molecular flexibility index (Phi) is 8.30. The molecule has 1 aliphatic carbocycles. The lowest BCUT2D eigenvalue weighted by molar-refractivity contribution is -0.183. The molecule has 4 atom stereocenters. The Hall–Kier alpha value is -4.12. The monoisotopic (exact) mass is 572 g/mol. The summed E-state index contributed by atoms with van der Waals surface area (Å²) in [6.45, 7) is 7.96. The van der Waals surface area contributed by atoms with Gasteiger partial charge in [-0.1, -0.05) is 19.9 Å². The summed E-state index contributed by atoms with van der Waals surface area (Å²) in [5.74, 6) is -1.58. The Morgan fingerprint density at radius 1 is 1.05 bits per heavy atom. The van der Waals surface area contributed by atoms with Gasteiger partial charge in [0.25, 0.3) is 0 Å². The first-order chi connectivity index (χ1) is 19.5. The molecule has 0 spiro atoms. The Morgan fingerprint density at radius 2 is 1.73 bits per heavy atom. The lowest BCUT2D eigenvalue weighted by atomic mass is 9.71. The molecule has 4 rings (SSSR count). The minimum atomic E-state index is -1.84. The highest BCUT2D eigenvalue weighted by Crippen LogP contribution is 2.61. The predicted octanol–water partition coefficient (Wildman–Crippen LogP) is 4.76. The van der Waals surface area contributed by atoms with E-state index in [0.29, 0.717) is 11.1 Å². The molecule has 0 aromatic heterocycles. The summed E-state index contributed by atoms with van der Waals surface area (Å²) < 4.78 is 40.2. The van der Waals surface area contributed by atoms with Crippen LogP contribution in [0, 0.1) is 5.92 Å². The van der Waals surface area contributed by atoms with Gasteiger partial charge in [-0.2, -0.15) is 0 Å². The van der Waals surface area contributed by atoms with Gasteiger partial charge in [-0.15, -0.1) is 0 Å². The molecule has 2 aromatic rings. The Bertz CT molecular complexity index is 1390. The van der Waals surface area contributed by atoms with Crippen LogP contribution >= 0.6 is 0 Å². The molecule has 0 unspecified atom stereocenters. The molecule has 11 heteroatoms. The molecule has 11 nitrogen and oxygen atoms in total. The molecule has 0 radical (unpaired) electrons. The predicted molar refractivity (Wildman–Crippen MR) is 146 cm³/mol. The summed E-state index contributed by atoms with van der Waals surface area (Å²) in [6.07, 6.45) is -0.832. The molecule has 1 heterocycles. The van der Waals surface area contributed by atoms with Crippen LogP contribution in [-0.4, -0.2) is 55.9 Å². The van der Waals surface area contributed by atoms with Crippen molar-refractivity contribution in [3.63, 3.8) is 0 Å². The molecule has 0 saturated carbocycles. The number of rotatable bonds is 7. The van der Waals surface area contributed by atoms with Crippen molar-refractivity contribution >= 4 is 11.9 Å². The van der Waals surface area contributed by atoms with Crippen LogP contribution in [-0.2, 0) is 19.1 Å². The van der Waals surface area contributed by atoms with Gasteiger partial charge >= 0.3 is 11.9 Å². The Labute approximate surface area is 238 Å². The molecule has 2 N–H and O–H groups in total. The van der Waals surface area contributed by atoms with E-state index in [4.69, 9.17) is 33.2 Å². The van der Waals surface area contributed by atoms with Gasteiger partial charge in [0.2, 0.25) is 18.3 Å². The minimum Gasteiger partial charge on any atom is -0.504 e. The van der Waals surface area contributed by atoms with Gasteiger partial charge in [-0.3, -0.25) is 4.79 Å². The van der Waals surface area contributed by atoms with E-state index in [9.17, 15) is 19.8 Å². The van der Waals surface area contributed by atoms with Crippen LogP contribution < -0.4 is 23.7 Å². The van der Waals surface area contributed by atoms with Crippen molar-refractivity contribution in [3.05, 3.63) is 34.9 Å². The number of phenols is 1. The van der Waals surface area contributed by atoms with Crippen molar-refractivity contribution < 1.29 is 53.0 Å². The molecule has 0 amide bonds. The number of carbonyl (C=O) groups is 2. The summed E-state index contributed by atoms with van der Waals surface area (Å²) in [5.41, 5.74) is -0.568. The van der Waals surface area contributed by atoms with Crippen LogP contribution in [0.25, 0.3) is 11.1 Å². The fraction of sp³-hybridized carbons (Fsp3) is 0.467. The number of aromatic hydroxyl groups is 1. The maximum Gasteiger partial charge on any atom is 0.334 e. The average molecular weight is 573 g/mol. The van der Waals surface area contributed by atoms with E-state index >= 15 is 0 Å².